The molecule has 8 nitrogen and oxygen atoms in total. The summed E-state index contributed by atoms with van der Waals surface area (Å²) in [5, 5.41) is 0. The van der Waals surface area contributed by atoms with Crippen molar-refractivity contribution in [3.63, 3.8) is 0 Å². The van der Waals surface area contributed by atoms with Gasteiger partial charge in [0.25, 0.3) is 0 Å². The van der Waals surface area contributed by atoms with E-state index in [1.165, 1.54) is 40.4 Å². The van der Waals surface area contributed by atoms with Crippen LogP contribution in [0.4, 0.5) is 0 Å². The zero-order valence-electron chi connectivity index (χ0n) is 15.3. The summed E-state index contributed by atoms with van der Waals surface area (Å²) in [7, 11) is 2.13. The molecule has 27 heavy (non-hydrogen) atoms. The van der Waals surface area contributed by atoms with Crippen molar-refractivity contribution in [2.75, 3.05) is 28.3 Å². The molecule has 142 valence electrons. The Kier molecular flexibility index (Phi) is 4.90. The van der Waals surface area contributed by atoms with Crippen LogP contribution in [0.5, 0.6) is 5.75 Å². The van der Waals surface area contributed by atoms with Crippen molar-refractivity contribution in [2.45, 2.75) is 4.90 Å². The Bertz CT molecular complexity index is 1120. The van der Waals surface area contributed by atoms with Gasteiger partial charge in [0.05, 0.1) is 41.3 Å². The number of fused-ring (bicyclic) bond motifs is 1. The fraction of sp³-hybridized carbons (Fsp3) is 0.222. The number of aromatic nitrogens is 2. The number of imidazole rings is 1. The van der Waals surface area contributed by atoms with Crippen molar-refractivity contribution >= 4 is 27.0 Å². The largest absolute Gasteiger partial charge is 0.496 e. The molecule has 0 unspecified atom stereocenters. The lowest BCUT2D eigenvalue weighted by molar-refractivity contribution is 0.0601. The van der Waals surface area contributed by atoms with Crippen LogP contribution in [0.2, 0.25) is 0 Å². The molecular weight excluding hydrogens is 370 g/mol. The second kappa shape index (κ2) is 7.01. The van der Waals surface area contributed by atoms with Gasteiger partial charge in [-0.15, -0.1) is 0 Å². The van der Waals surface area contributed by atoms with Gasteiger partial charge in [0.2, 0.25) is 10.0 Å². The van der Waals surface area contributed by atoms with Crippen molar-refractivity contribution < 1.29 is 22.7 Å². The number of rotatable bonds is 5. The number of hydrogen-bond donors (Lipinski definition) is 1. The second-order valence-electron chi connectivity index (χ2n) is 5.96. The van der Waals surface area contributed by atoms with E-state index in [1.54, 1.807) is 24.3 Å². The number of carbonyl (C=O) groups excluding carboxylic acids is 1. The molecule has 0 aliphatic rings. The lowest BCUT2D eigenvalue weighted by Gasteiger charge is -2.13. The summed E-state index contributed by atoms with van der Waals surface area (Å²) in [6.07, 6.45) is 0. The predicted molar refractivity (Wildman–Crippen MR) is 100 cm³/mol. The van der Waals surface area contributed by atoms with E-state index in [9.17, 15) is 13.2 Å². The molecule has 0 amide bonds. The summed E-state index contributed by atoms with van der Waals surface area (Å²) in [6, 6.07) is 9.57. The Morgan fingerprint density at radius 2 is 1.85 bits per heavy atom. The van der Waals surface area contributed by atoms with Crippen LogP contribution in [-0.2, 0) is 14.8 Å². The molecule has 1 aromatic heterocycles. The number of carbonyl (C=O) groups is 1. The van der Waals surface area contributed by atoms with E-state index >= 15 is 0 Å². The smallest absolute Gasteiger partial charge is 0.337 e. The van der Waals surface area contributed by atoms with E-state index in [0.29, 0.717) is 33.7 Å². The number of nitrogens with zero attached hydrogens (tertiary/aromatic N) is 2. The molecule has 0 radical (unpaired) electrons. The SMILES string of the molecule is COC(=O)c1ccc2nc(-c3ccc(S(=O)(=O)N(C)C)cc3OC)[nH]c2c1. The molecular formula is C18H19N3O5S. The standard InChI is InChI=1S/C18H19N3O5S/c1-21(2)27(23,24)12-6-7-13(16(10-12)25-3)17-19-14-8-5-11(18(22)26-4)9-15(14)20-17/h5-10H,1-4H3,(H,19,20). The van der Waals surface area contributed by atoms with Crippen molar-refractivity contribution in [1.82, 2.24) is 14.3 Å². The topological polar surface area (TPSA) is 102 Å². The van der Waals surface area contributed by atoms with Gasteiger partial charge < -0.3 is 14.5 Å². The molecule has 3 rings (SSSR count). The monoisotopic (exact) mass is 389 g/mol. The Hall–Kier alpha value is -2.91. The molecule has 0 saturated carbocycles. The van der Waals surface area contributed by atoms with E-state index in [2.05, 4.69) is 9.97 Å². The van der Waals surface area contributed by atoms with E-state index in [1.807, 2.05) is 0 Å². The Morgan fingerprint density at radius 1 is 1.11 bits per heavy atom. The first-order valence-corrected chi connectivity index (χ1v) is 9.41. The number of H-pyrrole nitrogens is 1. The third-order valence-electron chi connectivity index (χ3n) is 4.11. The molecule has 1 N–H and O–H groups in total. The zero-order chi connectivity index (χ0) is 19.8. The van der Waals surface area contributed by atoms with Gasteiger partial charge >= 0.3 is 5.97 Å². The number of aromatic amines is 1. The minimum absolute atomic E-state index is 0.122. The van der Waals surface area contributed by atoms with Crippen LogP contribution in [-0.4, -0.2) is 57.0 Å². The van der Waals surface area contributed by atoms with Crippen molar-refractivity contribution in [2.24, 2.45) is 0 Å². The maximum Gasteiger partial charge on any atom is 0.337 e. The van der Waals surface area contributed by atoms with E-state index in [0.717, 1.165) is 4.31 Å². The molecule has 1 heterocycles. The van der Waals surface area contributed by atoms with Crippen LogP contribution in [0.25, 0.3) is 22.4 Å². The van der Waals surface area contributed by atoms with Crippen LogP contribution < -0.4 is 4.74 Å². The molecule has 0 fully saturated rings. The minimum atomic E-state index is -3.58. The fourth-order valence-corrected chi connectivity index (χ4v) is 3.54. The first-order chi connectivity index (χ1) is 12.8. The molecule has 0 aliphatic heterocycles. The molecule has 0 atom stereocenters. The Morgan fingerprint density at radius 3 is 2.48 bits per heavy atom. The van der Waals surface area contributed by atoms with Gasteiger partial charge in [-0.1, -0.05) is 0 Å². The van der Waals surface area contributed by atoms with Gasteiger partial charge in [0.15, 0.2) is 0 Å². The number of nitrogens with one attached hydrogen (secondary N) is 1. The van der Waals surface area contributed by atoms with Gasteiger partial charge in [-0.2, -0.15) is 0 Å². The van der Waals surface area contributed by atoms with Crippen LogP contribution in [0.3, 0.4) is 0 Å². The quantitative estimate of drug-likeness (QED) is 0.672. The number of ether oxygens (including phenoxy) is 2. The van der Waals surface area contributed by atoms with E-state index in [4.69, 9.17) is 9.47 Å². The summed E-state index contributed by atoms with van der Waals surface area (Å²) < 4.78 is 35.9. The molecule has 0 bridgehead atoms. The maximum atomic E-state index is 12.3. The number of sulfonamides is 1. The van der Waals surface area contributed by atoms with Crippen LogP contribution >= 0.6 is 0 Å². The number of benzene rings is 2. The van der Waals surface area contributed by atoms with Crippen molar-refractivity contribution in [3.05, 3.63) is 42.0 Å². The molecule has 0 saturated heterocycles. The van der Waals surface area contributed by atoms with Gasteiger partial charge in [-0.05, 0) is 30.3 Å². The fourth-order valence-electron chi connectivity index (χ4n) is 2.62. The first kappa shape index (κ1) is 18.9. The molecule has 0 aliphatic carbocycles. The average molecular weight is 389 g/mol. The lowest BCUT2D eigenvalue weighted by Crippen LogP contribution is -2.22. The Balaban J connectivity index is 2.09. The molecule has 3 aromatic rings. The highest BCUT2D eigenvalue weighted by Crippen LogP contribution is 2.32. The number of esters is 1. The molecule has 2 aromatic carbocycles. The third kappa shape index (κ3) is 3.38. The summed E-state index contributed by atoms with van der Waals surface area (Å²) in [5.74, 6) is 0.423. The minimum Gasteiger partial charge on any atom is -0.496 e. The van der Waals surface area contributed by atoms with Crippen LogP contribution in [0.1, 0.15) is 10.4 Å². The highest BCUT2D eigenvalue weighted by Gasteiger charge is 2.20. The lowest BCUT2D eigenvalue weighted by atomic mass is 10.2. The van der Waals surface area contributed by atoms with E-state index in [-0.39, 0.29) is 4.90 Å². The predicted octanol–water partition coefficient (Wildman–Crippen LogP) is 2.28. The summed E-state index contributed by atoms with van der Waals surface area (Å²) >= 11 is 0. The van der Waals surface area contributed by atoms with Gasteiger partial charge in [0, 0.05) is 20.2 Å². The van der Waals surface area contributed by atoms with Gasteiger partial charge in [-0.3, -0.25) is 0 Å². The highest BCUT2D eigenvalue weighted by molar-refractivity contribution is 7.89. The normalized spacial score (nSPS) is 11.7. The average Bonchev–Trinajstić information content (AvgIpc) is 3.09. The van der Waals surface area contributed by atoms with Crippen molar-refractivity contribution in [3.8, 4) is 17.1 Å². The first-order valence-electron chi connectivity index (χ1n) is 7.97. The third-order valence-corrected chi connectivity index (χ3v) is 5.92. The van der Waals surface area contributed by atoms with Crippen LogP contribution in [0, 0.1) is 0 Å². The summed E-state index contributed by atoms with van der Waals surface area (Å²) in [6.45, 7) is 0. The number of hydrogen-bond acceptors (Lipinski definition) is 6. The summed E-state index contributed by atoms with van der Waals surface area (Å²) in [5.41, 5.74) is 2.32. The van der Waals surface area contributed by atoms with E-state index < -0.39 is 16.0 Å². The van der Waals surface area contributed by atoms with Gasteiger partial charge in [0.1, 0.15) is 11.6 Å². The summed E-state index contributed by atoms with van der Waals surface area (Å²) in [4.78, 5) is 19.4. The number of methoxy groups -OCH3 is 2. The highest BCUT2D eigenvalue weighted by atomic mass is 32.2. The van der Waals surface area contributed by atoms with Gasteiger partial charge in [-0.25, -0.2) is 22.5 Å². The Labute approximate surface area is 156 Å². The second-order valence-corrected chi connectivity index (χ2v) is 8.11. The molecule has 0 spiro atoms. The zero-order valence-corrected chi connectivity index (χ0v) is 16.1. The van der Waals surface area contributed by atoms with Crippen LogP contribution in [0.15, 0.2) is 41.3 Å². The molecule has 9 heteroatoms. The maximum absolute atomic E-state index is 12.3. The van der Waals surface area contributed by atoms with Crippen molar-refractivity contribution in [1.29, 1.82) is 0 Å².